The first kappa shape index (κ1) is 24.9. The van der Waals surface area contributed by atoms with Gasteiger partial charge in [-0.2, -0.15) is 5.26 Å². The van der Waals surface area contributed by atoms with Crippen molar-refractivity contribution >= 4 is 17.0 Å². The zero-order valence-corrected chi connectivity index (χ0v) is 22.1. The van der Waals surface area contributed by atoms with Crippen molar-refractivity contribution in [2.24, 2.45) is 0 Å². The number of aryl methyl sites for hydroxylation is 1. The van der Waals surface area contributed by atoms with Crippen molar-refractivity contribution in [2.45, 2.75) is 45.8 Å². The highest BCUT2D eigenvalue weighted by molar-refractivity contribution is 5.96. The van der Waals surface area contributed by atoms with Gasteiger partial charge in [0.15, 0.2) is 0 Å². The first-order valence-electron chi connectivity index (χ1n) is 13.1. The number of allylic oxidation sites excluding steroid dienone is 3. The average Bonchev–Trinajstić information content (AvgIpc) is 2.89. The Hall–Kier alpha value is -3.81. The van der Waals surface area contributed by atoms with Crippen molar-refractivity contribution in [3.63, 3.8) is 0 Å². The third-order valence-electron chi connectivity index (χ3n) is 7.32. The van der Waals surface area contributed by atoms with Crippen molar-refractivity contribution < 1.29 is 9.47 Å². The zero-order valence-electron chi connectivity index (χ0n) is 22.1. The van der Waals surface area contributed by atoms with Crippen molar-refractivity contribution in [1.29, 1.82) is 5.26 Å². The molecule has 5 rings (SSSR count). The summed E-state index contributed by atoms with van der Waals surface area (Å²) in [5.41, 5.74) is 10.1. The van der Waals surface area contributed by atoms with Gasteiger partial charge in [0, 0.05) is 29.9 Å². The summed E-state index contributed by atoms with van der Waals surface area (Å²) in [7, 11) is 1.77. The highest BCUT2D eigenvalue weighted by atomic mass is 16.5. The molecular formula is C33H34N2O2. The second-order valence-corrected chi connectivity index (χ2v) is 10.1. The van der Waals surface area contributed by atoms with Crippen LogP contribution >= 0.6 is 0 Å². The summed E-state index contributed by atoms with van der Waals surface area (Å²) in [6, 6.07) is 23.3. The fourth-order valence-electron chi connectivity index (χ4n) is 5.68. The van der Waals surface area contributed by atoms with E-state index in [0.29, 0.717) is 5.56 Å². The van der Waals surface area contributed by atoms with Crippen LogP contribution in [-0.2, 0) is 15.9 Å². The molecule has 1 saturated heterocycles. The summed E-state index contributed by atoms with van der Waals surface area (Å²) in [5.74, 6) is 0.894. The van der Waals surface area contributed by atoms with Gasteiger partial charge in [0.2, 0.25) is 0 Å². The minimum absolute atomic E-state index is 0.224. The van der Waals surface area contributed by atoms with Gasteiger partial charge in [0.05, 0.1) is 31.0 Å². The van der Waals surface area contributed by atoms with Crippen LogP contribution in [0.15, 0.2) is 72.8 Å². The molecule has 2 aliphatic rings. The number of hydrogen-bond donors (Lipinski definition) is 0. The van der Waals surface area contributed by atoms with Gasteiger partial charge in [-0.1, -0.05) is 48.6 Å². The van der Waals surface area contributed by atoms with E-state index in [0.717, 1.165) is 48.4 Å². The van der Waals surface area contributed by atoms with Crippen LogP contribution in [-0.4, -0.2) is 32.4 Å². The first-order chi connectivity index (χ1) is 18.0. The van der Waals surface area contributed by atoms with Crippen LogP contribution < -0.4 is 4.90 Å². The summed E-state index contributed by atoms with van der Waals surface area (Å²) < 4.78 is 12.1. The molecule has 0 unspecified atom stereocenters. The highest BCUT2D eigenvalue weighted by Crippen LogP contribution is 2.38. The molecule has 3 aromatic carbocycles. The molecule has 3 aromatic rings. The van der Waals surface area contributed by atoms with Crippen LogP contribution in [0.5, 0.6) is 0 Å². The Bertz CT molecular complexity index is 1380. The molecule has 188 valence electrons. The number of rotatable bonds is 4. The fourth-order valence-corrected chi connectivity index (χ4v) is 5.68. The van der Waals surface area contributed by atoms with Gasteiger partial charge in [0.25, 0.3) is 0 Å². The van der Waals surface area contributed by atoms with E-state index in [2.05, 4.69) is 80.3 Å². The topological polar surface area (TPSA) is 45.5 Å². The predicted molar refractivity (Wildman–Crippen MR) is 151 cm³/mol. The van der Waals surface area contributed by atoms with Crippen LogP contribution in [0, 0.1) is 18.3 Å². The smallest absolute Gasteiger partial charge is 0.134 e. The van der Waals surface area contributed by atoms with Crippen molar-refractivity contribution in [2.75, 3.05) is 25.1 Å². The summed E-state index contributed by atoms with van der Waals surface area (Å²) in [6.07, 6.45) is 6.79. The van der Waals surface area contributed by atoms with Crippen molar-refractivity contribution in [3.05, 3.63) is 101 Å². The molecule has 0 radical (unpaired) electrons. The Morgan fingerprint density at radius 1 is 0.946 bits per heavy atom. The van der Waals surface area contributed by atoms with Crippen LogP contribution in [0.1, 0.15) is 48.1 Å². The minimum Gasteiger partial charge on any atom is -0.495 e. The number of morpholine rings is 1. The van der Waals surface area contributed by atoms with Gasteiger partial charge in [-0.15, -0.1) is 0 Å². The number of ether oxygens (including phenoxy) is 2. The Morgan fingerprint density at radius 3 is 2.35 bits per heavy atom. The van der Waals surface area contributed by atoms with E-state index in [1.54, 1.807) is 7.11 Å². The quantitative estimate of drug-likeness (QED) is 0.389. The number of fused-ring (bicyclic) bond motifs is 1. The second kappa shape index (κ2) is 10.7. The lowest BCUT2D eigenvalue weighted by atomic mass is 9.87. The second-order valence-electron chi connectivity index (χ2n) is 10.1. The van der Waals surface area contributed by atoms with Gasteiger partial charge in [-0.3, -0.25) is 0 Å². The largest absolute Gasteiger partial charge is 0.495 e. The normalized spacial score (nSPS) is 22.4. The maximum Gasteiger partial charge on any atom is 0.134 e. The Balaban J connectivity index is 1.58. The molecule has 2 atom stereocenters. The van der Waals surface area contributed by atoms with Crippen molar-refractivity contribution in [1.82, 2.24) is 0 Å². The summed E-state index contributed by atoms with van der Waals surface area (Å²) in [6.45, 7) is 8.28. The number of nitriles is 1. The zero-order chi connectivity index (χ0) is 25.9. The Labute approximate surface area is 220 Å². The molecule has 0 bridgehead atoms. The number of anilines is 1. The molecule has 1 heterocycles. The monoisotopic (exact) mass is 490 g/mol. The molecule has 0 amide bonds. The lowest BCUT2D eigenvalue weighted by molar-refractivity contribution is -0.00522. The molecule has 37 heavy (non-hydrogen) atoms. The number of hydrogen-bond acceptors (Lipinski definition) is 4. The number of methoxy groups -OCH3 is 1. The SMILES string of the molecule is CO/C1=C(c2ccc(N3C[C@@H](C)O[C@@H](C)C3)cc2C)/C=C\CCc2c1cccc2-c1ccc(C#N)cc1. The van der Waals surface area contributed by atoms with E-state index in [4.69, 9.17) is 9.47 Å². The molecule has 4 nitrogen and oxygen atoms in total. The third-order valence-corrected chi connectivity index (χ3v) is 7.32. The van der Waals surface area contributed by atoms with Gasteiger partial charge in [-0.25, -0.2) is 0 Å². The molecule has 4 heteroatoms. The van der Waals surface area contributed by atoms with Gasteiger partial charge >= 0.3 is 0 Å². The number of benzene rings is 3. The summed E-state index contributed by atoms with van der Waals surface area (Å²) in [4.78, 5) is 2.42. The van der Waals surface area contributed by atoms with Gasteiger partial charge in [0.1, 0.15) is 5.76 Å². The predicted octanol–water partition coefficient (Wildman–Crippen LogP) is 7.16. The fraction of sp³-hybridized carbons (Fsp3) is 0.303. The molecule has 0 saturated carbocycles. The summed E-state index contributed by atoms with van der Waals surface area (Å²) >= 11 is 0. The van der Waals surface area contributed by atoms with Crippen LogP contribution in [0.4, 0.5) is 5.69 Å². The lowest BCUT2D eigenvalue weighted by Gasteiger charge is -2.37. The maximum atomic E-state index is 9.21. The Morgan fingerprint density at radius 2 is 1.68 bits per heavy atom. The van der Waals surface area contributed by atoms with E-state index in [9.17, 15) is 5.26 Å². The molecule has 1 aliphatic carbocycles. The molecule has 1 fully saturated rings. The first-order valence-corrected chi connectivity index (χ1v) is 13.1. The van der Waals surface area contributed by atoms with Crippen LogP contribution in [0.2, 0.25) is 0 Å². The summed E-state index contributed by atoms with van der Waals surface area (Å²) in [5, 5.41) is 9.21. The molecule has 0 N–H and O–H groups in total. The van der Waals surface area contributed by atoms with E-state index >= 15 is 0 Å². The van der Waals surface area contributed by atoms with E-state index in [1.165, 1.54) is 27.9 Å². The molecule has 0 aromatic heterocycles. The third kappa shape index (κ3) is 5.05. The van der Waals surface area contributed by atoms with E-state index < -0.39 is 0 Å². The van der Waals surface area contributed by atoms with Gasteiger partial charge < -0.3 is 14.4 Å². The lowest BCUT2D eigenvalue weighted by Crippen LogP contribution is -2.45. The van der Waals surface area contributed by atoms with E-state index in [1.807, 2.05) is 24.3 Å². The van der Waals surface area contributed by atoms with E-state index in [-0.39, 0.29) is 12.2 Å². The van der Waals surface area contributed by atoms with Crippen molar-refractivity contribution in [3.8, 4) is 17.2 Å². The molecule has 0 spiro atoms. The van der Waals surface area contributed by atoms with Crippen LogP contribution in [0.25, 0.3) is 22.5 Å². The number of nitrogens with zero attached hydrogens (tertiary/aromatic N) is 2. The average molecular weight is 491 g/mol. The maximum absolute atomic E-state index is 9.21. The standard InChI is InChI=1S/C33H34N2O2/c1-22-18-27(35-20-23(2)37-24(3)21-35)16-17-28(22)31-9-6-5-8-30-29(10-7-11-32(30)33(31)36-4)26-14-12-25(19-34)13-15-26/h6-7,9-18,23-24H,5,8,20-21H2,1-4H3/b9-6-,33-31-/t23-,24+. The van der Waals surface area contributed by atoms with Crippen LogP contribution in [0.3, 0.4) is 0 Å². The Kier molecular flexibility index (Phi) is 7.17. The van der Waals surface area contributed by atoms with Gasteiger partial charge in [-0.05, 0) is 85.7 Å². The minimum atomic E-state index is 0.224. The molecular weight excluding hydrogens is 456 g/mol. The highest BCUT2D eigenvalue weighted by Gasteiger charge is 2.24. The molecule has 1 aliphatic heterocycles.